The van der Waals surface area contributed by atoms with Crippen molar-refractivity contribution in [2.45, 2.75) is 24.0 Å². The summed E-state index contributed by atoms with van der Waals surface area (Å²) in [5.41, 5.74) is -2.04. The average molecular weight is 510 g/mol. The number of methoxy groups -OCH3 is 1. The number of carbonyl (C=O) groups excluding carboxylic acids is 1. The van der Waals surface area contributed by atoms with Crippen LogP contribution in [0.2, 0.25) is 0 Å². The lowest BCUT2D eigenvalue weighted by molar-refractivity contribution is -0.137. The predicted octanol–water partition coefficient (Wildman–Crippen LogP) is 5.49. The minimum Gasteiger partial charge on any atom is -0.497 e. The second-order valence-corrected chi connectivity index (χ2v) is 8.66. The summed E-state index contributed by atoms with van der Waals surface area (Å²) in [5, 5.41) is 7.07. The molecule has 0 atom stereocenters. The molecular formula is C23H18F4N2O5S. The van der Waals surface area contributed by atoms with Gasteiger partial charge in [0, 0.05) is 11.1 Å². The van der Waals surface area contributed by atoms with Crippen LogP contribution in [0.3, 0.4) is 0 Å². The molecular weight excluding hydrogens is 492 g/mol. The van der Waals surface area contributed by atoms with Crippen molar-refractivity contribution in [2.24, 2.45) is 10.2 Å². The van der Waals surface area contributed by atoms with Crippen molar-refractivity contribution in [1.82, 2.24) is 0 Å². The zero-order valence-electron chi connectivity index (χ0n) is 18.1. The van der Waals surface area contributed by atoms with Crippen molar-refractivity contribution in [3.8, 4) is 16.9 Å². The highest BCUT2D eigenvalue weighted by atomic mass is 32.2. The number of nitrogens with zero attached hydrogens (tertiary/aromatic N) is 2. The van der Waals surface area contributed by atoms with Crippen LogP contribution < -0.4 is 4.74 Å². The first-order valence-corrected chi connectivity index (χ1v) is 11.3. The molecule has 0 aromatic heterocycles. The Balaban J connectivity index is 2.04. The van der Waals surface area contributed by atoms with Gasteiger partial charge in [0.05, 0.1) is 30.5 Å². The Labute approximate surface area is 197 Å². The van der Waals surface area contributed by atoms with Gasteiger partial charge in [0.25, 0.3) is 16.0 Å². The average Bonchev–Trinajstić information content (AvgIpc) is 2.78. The molecule has 0 heterocycles. The molecule has 3 rings (SSSR count). The number of amides is 1. The van der Waals surface area contributed by atoms with Crippen LogP contribution in [0.25, 0.3) is 11.1 Å². The van der Waals surface area contributed by atoms with E-state index in [1.807, 2.05) is 0 Å². The first-order valence-electron chi connectivity index (χ1n) is 9.90. The third-order valence-electron chi connectivity index (χ3n) is 4.89. The van der Waals surface area contributed by atoms with Gasteiger partial charge < -0.3 is 4.74 Å². The van der Waals surface area contributed by atoms with Crippen LogP contribution >= 0.6 is 0 Å². The third-order valence-corrected chi connectivity index (χ3v) is 5.82. The minimum atomic E-state index is -4.98. The summed E-state index contributed by atoms with van der Waals surface area (Å²) in [5.74, 6) is -0.975. The van der Waals surface area contributed by atoms with E-state index >= 15 is 0 Å². The van der Waals surface area contributed by atoms with E-state index in [2.05, 4.69) is 10.2 Å². The molecule has 35 heavy (non-hydrogen) atoms. The fourth-order valence-corrected chi connectivity index (χ4v) is 4.11. The van der Waals surface area contributed by atoms with Gasteiger partial charge in [0.1, 0.15) is 11.6 Å². The second-order valence-electron chi connectivity index (χ2n) is 7.27. The highest BCUT2D eigenvalue weighted by Gasteiger charge is 2.36. The molecule has 0 fully saturated rings. The molecule has 3 aromatic carbocycles. The van der Waals surface area contributed by atoms with Crippen LogP contribution in [-0.2, 0) is 34.1 Å². The van der Waals surface area contributed by atoms with Gasteiger partial charge in [0.2, 0.25) is 0 Å². The summed E-state index contributed by atoms with van der Waals surface area (Å²) in [4.78, 5) is 11.4. The smallest absolute Gasteiger partial charge is 0.417 e. The Morgan fingerprint density at radius 1 is 1.06 bits per heavy atom. The maximum atomic E-state index is 13.8. The van der Waals surface area contributed by atoms with Crippen molar-refractivity contribution in [3.05, 3.63) is 83.2 Å². The number of rotatable bonds is 7. The van der Waals surface area contributed by atoms with E-state index in [1.165, 1.54) is 7.11 Å². The monoisotopic (exact) mass is 510 g/mol. The van der Waals surface area contributed by atoms with Crippen molar-refractivity contribution < 1.29 is 40.1 Å². The Morgan fingerprint density at radius 2 is 1.74 bits per heavy atom. The van der Waals surface area contributed by atoms with Crippen LogP contribution in [0, 0.1) is 5.82 Å². The number of ether oxygens (including phenoxy) is 1. The number of carbonyl (C=O) groups is 1. The normalized spacial score (nSPS) is 12.2. The quantitative estimate of drug-likeness (QED) is 0.257. The van der Waals surface area contributed by atoms with Crippen LogP contribution in [0.4, 0.5) is 17.6 Å². The van der Waals surface area contributed by atoms with Crippen molar-refractivity contribution in [2.75, 3.05) is 7.11 Å². The largest absolute Gasteiger partial charge is 0.497 e. The molecule has 0 saturated carbocycles. The lowest BCUT2D eigenvalue weighted by atomic mass is 9.93. The number of hydrogen-bond donors (Lipinski definition) is 1. The molecule has 1 amide bonds. The van der Waals surface area contributed by atoms with Gasteiger partial charge >= 0.3 is 6.18 Å². The molecule has 0 unspecified atom stereocenters. The standard InChI is InChI=1S/C23H18F4N2O5S/c1-34-17-4-2-3-14(11-17)12-21(30)29-28-13-18-20(35(31,32)33)10-9-19(23(25,26)27)22(18)15-5-7-16(24)8-6-15/h2-11H,12-13H2,1H3,(H,31,32,33). The number of hydrogen-bond acceptors (Lipinski definition) is 5. The number of azo groups is 1. The van der Waals surface area contributed by atoms with E-state index in [-0.39, 0.29) is 12.0 Å². The maximum Gasteiger partial charge on any atom is 0.417 e. The zero-order chi connectivity index (χ0) is 25.8. The Morgan fingerprint density at radius 3 is 2.34 bits per heavy atom. The van der Waals surface area contributed by atoms with Crippen molar-refractivity contribution >= 4 is 16.0 Å². The van der Waals surface area contributed by atoms with Gasteiger partial charge in [-0.25, -0.2) is 4.39 Å². The SMILES string of the molecule is COc1cccc(CC(=O)N=NCc2c(S(=O)(=O)O)ccc(C(F)(F)F)c2-c2ccc(F)cc2)c1. The number of benzene rings is 3. The third kappa shape index (κ3) is 6.49. The van der Waals surface area contributed by atoms with Crippen LogP contribution in [0.5, 0.6) is 5.75 Å². The molecule has 0 bridgehead atoms. The molecule has 0 saturated heterocycles. The predicted molar refractivity (Wildman–Crippen MR) is 117 cm³/mol. The van der Waals surface area contributed by atoms with Crippen LogP contribution in [-0.4, -0.2) is 26.0 Å². The summed E-state index contributed by atoms with van der Waals surface area (Å²) in [6, 6.07) is 11.5. The van der Waals surface area contributed by atoms with Crippen molar-refractivity contribution in [3.63, 3.8) is 0 Å². The summed E-state index contributed by atoms with van der Waals surface area (Å²) in [6.45, 7) is -0.782. The summed E-state index contributed by atoms with van der Waals surface area (Å²) >= 11 is 0. The van der Waals surface area contributed by atoms with Gasteiger partial charge in [0.15, 0.2) is 0 Å². The first kappa shape index (κ1) is 26.0. The van der Waals surface area contributed by atoms with Gasteiger partial charge in [-0.1, -0.05) is 24.3 Å². The molecule has 0 aliphatic rings. The summed E-state index contributed by atoms with van der Waals surface area (Å²) in [7, 11) is -3.54. The molecule has 184 valence electrons. The zero-order valence-corrected chi connectivity index (χ0v) is 18.9. The highest BCUT2D eigenvalue weighted by Crippen LogP contribution is 2.41. The highest BCUT2D eigenvalue weighted by molar-refractivity contribution is 7.85. The topological polar surface area (TPSA) is 105 Å². The fourth-order valence-electron chi connectivity index (χ4n) is 3.39. The van der Waals surface area contributed by atoms with Crippen molar-refractivity contribution in [1.29, 1.82) is 0 Å². The molecule has 0 radical (unpaired) electrons. The van der Waals surface area contributed by atoms with Crippen LogP contribution in [0.15, 0.2) is 75.8 Å². The molecule has 3 aromatic rings. The number of alkyl halides is 3. The summed E-state index contributed by atoms with van der Waals surface area (Å²) in [6.07, 6.45) is -5.12. The first-order chi connectivity index (χ1) is 16.4. The fraction of sp³-hybridized carbons (Fsp3) is 0.174. The minimum absolute atomic E-state index is 0.169. The molecule has 12 heteroatoms. The van der Waals surface area contributed by atoms with Gasteiger partial charge in [-0.05, 0) is 47.5 Å². The van der Waals surface area contributed by atoms with E-state index in [0.29, 0.717) is 23.4 Å². The molecule has 0 spiro atoms. The Hall–Kier alpha value is -3.64. The Kier molecular flexibility index (Phi) is 7.66. The number of halogens is 4. The molecule has 0 aliphatic heterocycles. The van der Waals surface area contributed by atoms with E-state index in [0.717, 1.165) is 24.3 Å². The second kappa shape index (κ2) is 10.3. The molecule has 1 N–H and O–H groups in total. The maximum absolute atomic E-state index is 13.8. The molecule has 0 aliphatic carbocycles. The van der Waals surface area contributed by atoms with E-state index in [9.17, 15) is 35.3 Å². The van der Waals surface area contributed by atoms with E-state index in [1.54, 1.807) is 24.3 Å². The van der Waals surface area contributed by atoms with Gasteiger partial charge in [-0.2, -0.15) is 26.7 Å². The van der Waals surface area contributed by atoms with E-state index in [4.69, 9.17) is 4.74 Å². The van der Waals surface area contributed by atoms with Gasteiger partial charge in [-0.15, -0.1) is 5.11 Å². The Bertz CT molecular complexity index is 1370. The summed E-state index contributed by atoms with van der Waals surface area (Å²) < 4.78 is 93.2. The lowest BCUT2D eigenvalue weighted by Gasteiger charge is -2.18. The van der Waals surface area contributed by atoms with Crippen LogP contribution in [0.1, 0.15) is 16.7 Å². The van der Waals surface area contributed by atoms with E-state index < -0.39 is 56.1 Å². The van der Waals surface area contributed by atoms with Gasteiger partial charge in [-0.3, -0.25) is 9.35 Å². The molecule has 7 nitrogen and oxygen atoms in total. The lowest BCUT2D eigenvalue weighted by Crippen LogP contribution is -2.13.